The number of para-hydroxylation sites is 2. The van der Waals surface area contributed by atoms with Gasteiger partial charge in [-0.05, 0) is 46.1 Å². The molecule has 2 aliphatic rings. The summed E-state index contributed by atoms with van der Waals surface area (Å²) in [6, 6.07) is 15.9. The molecule has 9 nitrogen and oxygen atoms in total. The molecule has 0 saturated carbocycles. The molecule has 3 atom stereocenters. The van der Waals surface area contributed by atoms with E-state index in [1.807, 2.05) is 42.5 Å². The number of carbonyl (C=O) groups is 2. The van der Waals surface area contributed by atoms with E-state index in [4.69, 9.17) is 9.57 Å². The third kappa shape index (κ3) is 5.28. The van der Waals surface area contributed by atoms with Crippen LogP contribution in [-0.4, -0.2) is 56.8 Å². The predicted molar refractivity (Wildman–Crippen MR) is 137 cm³/mol. The van der Waals surface area contributed by atoms with Gasteiger partial charge in [0.2, 0.25) is 5.91 Å². The molecule has 0 bridgehead atoms. The van der Waals surface area contributed by atoms with Crippen LogP contribution in [-0.2, 0) is 21.0 Å². The maximum absolute atomic E-state index is 13.2. The number of aromatic hydroxyl groups is 1. The fraction of sp³-hybridized carbons (Fsp3) is 0.308. The fourth-order valence-corrected chi connectivity index (χ4v) is 5.05. The molecule has 2 N–H and O–H groups in total. The summed E-state index contributed by atoms with van der Waals surface area (Å²) in [5, 5.41) is 18.0. The molecule has 36 heavy (non-hydrogen) atoms. The fourth-order valence-electron chi connectivity index (χ4n) is 4.60. The molecule has 2 aromatic carbocycles. The highest BCUT2D eigenvalue weighted by molar-refractivity contribution is 9.18. The number of carbonyl (C=O) groups excluding carboxylic acids is 2. The van der Waals surface area contributed by atoms with Crippen LogP contribution in [0, 0.1) is 0 Å². The first kappa shape index (κ1) is 24.1. The Morgan fingerprint density at radius 1 is 1.19 bits per heavy atom. The molecule has 2 amide bonds. The number of benzene rings is 2. The molecular formula is C26H25BrN4O5. The van der Waals surface area contributed by atoms with Crippen LogP contribution in [0.1, 0.15) is 29.9 Å². The monoisotopic (exact) mass is 552 g/mol. The van der Waals surface area contributed by atoms with Crippen LogP contribution >= 0.6 is 15.9 Å². The molecule has 10 heteroatoms. The Hall–Kier alpha value is -3.66. The number of hydrogen-bond donors (Lipinski definition) is 2. The molecule has 1 aromatic heterocycles. The van der Waals surface area contributed by atoms with E-state index >= 15 is 0 Å². The molecule has 3 unspecified atom stereocenters. The number of likely N-dealkylation sites (tertiary alicyclic amines) is 1. The van der Waals surface area contributed by atoms with Gasteiger partial charge in [0.15, 0.2) is 6.10 Å². The zero-order valence-electron chi connectivity index (χ0n) is 19.3. The number of oxime groups is 1. The van der Waals surface area contributed by atoms with Crippen LogP contribution in [0.4, 0.5) is 4.79 Å². The predicted octanol–water partition coefficient (Wildman–Crippen LogP) is 4.05. The Balaban J connectivity index is 1.28. The van der Waals surface area contributed by atoms with Gasteiger partial charge in [0.25, 0.3) is 0 Å². The largest absolute Gasteiger partial charge is 0.508 e. The van der Waals surface area contributed by atoms with Gasteiger partial charge in [-0.25, -0.2) is 4.79 Å². The maximum Gasteiger partial charge on any atom is 0.410 e. The molecule has 1 saturated heterocycles. The minimum atomic E-state index is -0.748. The molecule has 1 fully saturated rings. The van der Waals surface area contributed by atoms with Gasteiger partial charge >= 0.3 is 6.09 Å². The van der Waals surface area contributed by atoms with E-state index in [1.165, 1.54) is 4.90 Å². The minimum absolute atomic E-state index is 0.0318. The Bertz CT molecular complexity index is 1320. The summed E-state index contributed by atoms with van der Waals surface area (Å²) in [6.07, 6.45) is 1.75. The number of amides is 2. The first-order valence-corrected chi connectivity index (χ1v) is 12.5. The van der Waals surface area contributed by atoms with Gasteiger partial charge in [0, 0.05) is 36.0 Å². The first-order valence-electron chi connectivity index (χ1n) is 11.7. The molecule has 0 radical (unpaired) electrons. The summed E-state index contributed by atoms with van der Waals surface area (Å²) in [5.41, 5.74) is 2.31. The molecular weight excluding hydrogens is 528 g/mol. The molecule has 186 valence electrons. The summed E-state index contributed by atoms with van der Waals surface area (Å²) >= 11 is 3.29. The average Bonchev–Trinajstić information content (AvgIpc) is 3.52. The molecule has 2 aliphatic heterocycles. The Morgan fingerprint density at radius 3 is 2.81 bits per heavy atom. The second-order valence-electron chi connectivity index (χ2n) is 8.89. The van der Waals surface area contributed by atoms with Crippen molar-refractivity contribution in [3.63, 3.8) is 0 Å². The minimum Gasteiger partial charge on any atom is -0.508 e. The number of aromatic nitrogens is 1. The molecule has 0 aliphatic carbocycles. The van der Waals surface area contributed by atoms with Crippen molar-refractivity contribution in [3.05, 3.63) is 71.9 Å². The summed E-state index contributed by atoms with van der Waals surface area (Å²) in [6.45, 7) is 0.546. The van der Waals surface area contributed by atoms with Crippen LogP contribution in [0.15, 0.2) is 65.9 Å². The van der Waals surface area contributed by atoms with Gasteiger partial charge in [-0.1, -0.05) is 41.6 Å². The normalized spacial score (nSPS) is 21.2. The lowest BCUT2D eigenvalue weighted by molar-refractivity contribution is -0.125. The standard InChI is InChI=1S/C26H25BrN4O5/c27-24-11-19(36-30-24)13-29-25(33)22-10-18(20-6-2-4-8-23(20)32)14-31(22)26(34)35-15-16-9-17-5-1-3-7-21(17)28-12-16/h1-9,12,18-19,22,32H,10-11,13-15H2,(H,29,33). The number of hydrogen-bond acceptors (Lipinski definition) is 7. The molecule has 3 aromatic rings. The van der Waals surface area contributed by atoms with Crippen LogP contribution in [0.5, 0.6) is 5.75 Å². The van der Waals surface area contributed by atoms with Gasteiger partial charge in [-0.3, -0.25) is 14.7 Å². The summed E-state index contributed by atoms with van der Waals surface area (Å²) < 4.78 is 6.29. The van der Waals surface area contributed by atoms with Crippen LogP contribution in [0.3, 0.4) is 0 Å². The summed E-state index contributed by atoms with van der Waals surface area (Å²) in [7, 11) is 0. The van der Waals surface area contributed by atoms with Crippen LogP contribution < -0.4 is 5.32 Å². The number of pyridine rings is 1. The van der Waals surface area contributed by atoms with E-state index < -0.39 is 12.1 Å². The second kappa shape index (κ2) is 10.5. The van der Waals surface area contributed by atoms with Crippen molar-refractivity contribution in [1.29, 1.82) is 0 Å². The van der Waals surface area contributed by atoms with Crippen molar-refractivity contribution in [2.24, 2.45) is 5.16 Å². The highest BCUT2D eigenvalue weighted by atomic mass is 79.9. The topological polar surface area (TPSA) is 113 Å². The van der Waals surface area contributed by atoms with Gasteiger partial charge in [-0.2, -0.15) is 0 Å². The quantitative estimate of drug-likeness (QED) is 0.477. The zero-order chi connectivity index (χ0) is 25.1. The van der Waals surface area contributed by atoms with E-state index in [-0.39, 0.29) is 43.4 Å². The van der Waals surface area contributed by atoms with Crippen LogP contribution in [0.2, 0.25) is 0 Å². The number of ether oxygens (including phenoxy) is 1. The van der Waals surface area contributed by atoms with E-state index in [9.17, 15) is 14.7 Å². The SMILES string of the molecule is O=C(NCC1CC(Br)=NO1)C1CC(c2ccccc2O)CN1C(=O)OCc1cnc2ccccc2c1. The van der Waals surface area contributed by atoms with Crippen molar-refractivity contribution in [1.82, 2.24) is 15.2 Å². The number of halogens is 1. The van der Waals surface area contributed by atoms with Crippen molar-refractivity contribution >= 4 is 43.5 Å². The lowest BCUT2D eigenvalue weighted by Gasteiger charge is -2.23. The summed E-state index contributed by atoms with van der Waals surface area (Å²) in [4.78, 5) is 37.4. The lowest BCUT2D eigenvalue weighted by Crippen LogP contribution is -2.47. The maximum atomic E-state index is 13.2. The number of nitrogens with one attached hydrogen (secondary N) is 1. The number of rotatable bonds is 6. The van der Waals surface area contributed by atoms with E-state index in [2.05, 4.69) is 31.4 Å². The Morgan fingerprint density at radius 2 is 2.00 bits per heavy atom. The van der Waals surface area contributed by atoms with Gasteiger partial charge in [0.05, 0.1) is 12.1 Å². The van der Waals surface area contributed by atoms with Gasteiger partial charge < -0.3 is 20.0 Å². The molecule has 5 rings (SSSR count). The van der Waals surface area contributed by atoms with E-state index in [0.29, 0.717) is 23.0 Å². The average molecular weight is 553 g/mol. The van der Waals surface area contributed by atoms with E-state index in [0.717, 1.165) is 16.5 Å². The van der Waals surface area contributed by atoms with Gasteiger partial charge in [0.1, 0.15) is 23.0 Å². The second-order valence-corrected chi connectivity index (χ2v) is 9.81. The van der Waals surface area contributed by atoms with Crippen molar-refractivity contribution in [2.45, 2.75) is 37.5 Å². The number of phenolic OH excluding ortho intramolecular Hbond substituents is 1. The number of nitrogens with zero attached hydrogens (tertiary/aromatic N) is 3. The smallest absolute Gasteiger partial charge is 0.410 e. The Kier molecular flexibility index (Phi) is 7.04. The summed E-state index contributed by atoms with van der Waals surface area (Å²) in [5.74, 6) is -0.374. The third-order valence-electron chi connectivity index (χ3n) is 6.43. The first-order chi connectivity index (χ1) is 17.5. The van der Waals surface area contributed by atoms with E-state index in [1.54, 1.807) is 18.3 Å². The highest BCUT2D eigenvalue weighted by Crippen LogP contribution is 2.36. The van der Waals surface area contributed by atoms with Crippen molar-refractivity contribution < 1.29 is 24.3 Å². The van der Waals surface area contributed by atoms with Crippen LogP contribution in [0.25, 0.3) is 10.9 Å². The molecule has 0 spiro atoms. The number of phenols is 1. The third-order valence-corrected chi connectivity index (χ3v) is 6.89. The van der Waals surface area contributed by atoms with Crippen molar-refractivity contribution in [2.75, 3.05) is 13.1 Å². The van der Waals surface area contributed by atoms with Crippen molar-refractivity contribution in [3.8, 4) is 5.75 Å². The Labute approximate surface area is 216 Å². The highest BCUT2D eigenvalue weighted by Gasteiger charge is 2.42. The molecule has 3 heterocycles. The van der Waals surface area contributed by atoms with Gasteiger partial charge in [-0.15, -0.1) is 0 Å². The zero-order valence-corrected chi connectivity index (χ0v) is 20.9. The number of fused-ring (bicyclic) bond motifs is 1. The lowest BCUT2D eigenvalue weighted by atomic mass is 9.95.